The number of hydrogen-bond donors (Lipinski definition) is 0. The van der Waals surface area contributed by atoms with Gasteiger partial charge >= 0.3 is 0 Å². The highest BCUT2D eigenvalue weighted by molar-refractivity contribution is 7.92. The van der Waals surface area contributed by atoms with Gasteiger partial charge in [-0.15, -0.1) is 0 Å². The Kier molecular flexibility index (Phi) is 3.05. The first kappa shape index (κ1) is 11.0. The normalized spacial score (nSPS) is 20.8. The smallest absolute Gasteiger partial charge is 0.155 e. The molecule has 0 N–H and O–H groups in total. The molecule has 0 amide bonds. The van der Waals surface area contributed by atoms with Crippen molar-refractivity contribution in [3.8, 4) is 0 Å². The van der Waals surface area contributed by atoms with Crippen molar-refractivity contribution < 1.29 is 8.42 Å². The predicted molar refractivity (Wildman–Crippen MR) is 55.5 cm³/mol. The van der Waals surface area contributed by atoms with Crippen LogP contribution < -0.4 is 0 Å². The predicted octanol–water partition coefficient (Wildman–Crippen LogP) is 2.39. The molecule has 1 rings (SSSR count). The molecule has 0 aromatic carbocycles. The second kappa shape index (κ2) is 3.60. The summed E-state index contributed by atoms with van der Waals surface area (Å²) in [6.45, 7) is 5.37. The van der Waals surface area contributed by atoms with Gasteiger partial charge in [0.1, 0.15) is 0 Å². The van der Waals surface area contributed by atoms with Crippen molar-refractivity contribution >= 4 is 9.84 Å². The topological polar surface area (TPSA) is 34.1 Å². The average Bonchev–Trinajstić information content (AvgIpc) is 2.35. The zero-order valence-electron chi connectivity index (χ0n) is 8.84. The minimum Gasteiger partial charge on any atom is -0.228 e. The van der Waals surface area contributed by atoms with E-state index in [2.05, 4.69) is 0 Å². The molecule has 0 bridgehead atoms. The van der Waals surface area contributed by atoms with Crippen LogP contribution in [-0.4, -0.2) is 18.9 Å². The Morgan fingerprint density at radius 1 is 1.15 bits per heavy atom. The number of sulfone groups is 1. The van der Waals surface area contributed by atoms with Crippen LogP contribution in [0.5, 0.6) is 0 Å². The number of hydrogen-bond acceptors (Lipinski definition) is 2. The average molecular weight is 204 g/mol. The van der Waals surface area contributed by atoms with E-state index in [-0.39, 0.29) is 0 Å². The van der Waals surface area contributed by atoms with E-state index in [0.717, 1.165) is 12.8 Å². The molecule has 0 radical (unpaired) electrons. The van der Waals surface area contributed by atoms with Gasteiger partial charge in [-0.3, -0.25) is 0 Å². The molecule has 3 heteroatoms. The molecular weight excluding hydrogens is 184 g/mol. The van der Waals surface area contributed by atoms with E-state index in [1.54, 1.807) is 20.8 Å². The lowest BCUT2D eigenvalue weighted by Gasteiger charge is -2.21. The van der Waals surface area contributed by atoms with E-state index in [4.69, 9.17) is 0 Å². The molecular formula is C10H20O2S. The van der Waals surface area contributed by atoms with Gasteiger partial charge in [0.25, 0.3) is 0 Å². The summed E-state index contributed by atoms with van der Waals surface area (Å²) in [7, 11) is -2.88. The fourth-order valence-corrected chi connectivity index (χ4v) is 3.19. The molecule has 0 aliphatic heterocycles. The maximum Gasteiger partial charge on any atom is 0.155 e. The summed E-state index contributed by atoms with van der Waals surface area (Å²) in [5, 5.41) is 0. The van der Waals surface area contributed by atoms with Gasteiger partial charge in [-0.05, 0) is 39.5 Å². The van der Waals surface area contributed by atoms with Crippen molar-refractivity contribution in [2.75, 3.05) is 5.75 Å². The quantitative estimate of drug-likeness (QED) is 0.692. The summed E-state index contributed by atoms with van der Waals surface area (Å²) in [6.07, 6.45) is 4.64. The highest BCUT2D eigenvalue weighted by atomic mass is 32.2. The van der Waals surface area contributed by atoms with Gasteiger partial charge in [0, 0.05) is 0 Å². The van der Waals surface area contributed by atoms with E-state index >= 15 is 0 Å². The molecule has 0 aromatic heterocycles. The second-order valence-electron chi connectivity index (χ2n) is 5.04. The summed E-state index contributed by atoms with van der Waals surface area (Å²) in [5.74, 6) is 0.834. The van der Waals surface area contributed by atoms with Crippen LogP contribution in [0.4, 0.5) is 0 Å². The largest absolute Gasteiger partial charge is 0.228 e. The van der Waals surface area contributed by atoms with Gasteiger partial charge in [-0.25, -0.2) is 8.42 Å². The molecule has 1 aliphatic rings. The van der Waals surface area contributed by atoms with Gasteiger partial charge < -0.3 is 0 Å². The Bertz CT molecular complexity index is 253. The van der Waals surface area contributed by atoms with Crippen LogP contribution in [0.15, 0.2) is 0 Å². The van der Waals surface area contributed by atoms with Gasteiger partial charge in [0.15, 0.2) is 9.84 Å². The standard InChI is InChI=1S/C10H20O2S/c1-10(2,3)13(11,12)8-9-6-4-5-7-9/h9H,4-8H2,1-3H3. The maximum absolute atomic E-state index is 11.8. The van der Waals surface area contributed by atoms with Crippen LogP contribution in [0.3, 0.4) is 0 Å². The van der Waals surface area contributed by atoms with Crippen molar-refractivity contribution in [3.63, 3.8) is 0 Å². The van der Waals surface area contributed by atoms with Crippen molar-refractivity contribution in [3.05, 3.63) is 0 Å². The lowest BCUT2D eigenvalue weighted by atomic mass is 10.1. The van der Waals surface area contributed by atoms with Gasteiger partial charge in [0.05, 0.1) is 10.5 Å². The molecule has 1 saturated carbocycles. The Balaban J connectivity index is 2.62. The Hall–Kier alpha value is -0.0500. The third kappa shape index (κ3) is 2.70. The van der Waals surface area contributed by atoms with Crippen molar-refractivity contribution in [2.24, 2.45) is 5.92 Å². The molecule has 0 saturated heterocycles. The first-order valence-electron chi connectivity index (χ1n) is 5.05. The van der Waals surface area contributed by atoms with Crippen molar-refractivity contribution in [1.29, 1.82) is 0 Å². The summed E-state index contributed by atoms with van der Waals surface area (Å²) in [4.78, 5) is 0. The van der Waals surface area contributed by atoms with Crippen LogP contribution >= 0.6 is 0 Å². The highest BCUT2D eigenvalue weighted by Gasteiger charge is 2.32. The van der Waals surface area contributed by atoms with Crippen LogP contribution in [0.1, 0.15) is 46.5 Å². The molecule has 78 valence electrons. The van der Waals surface area contributed by atoms with Crippen molar-refractivity contribution in [2.45, 2.75) is 51.2 Å². The molecule has 0 unspecified atom stereocenters. The fraction of sp³-hybridized carbons (Fsp3) is 1.00. The van der Waals surface area contributed by atoms with Crippen molar-refractivity contribution in [1.82, 2.24) is 0 Å². The zero-order chi connectivity index (χ0) is 10.1. The van der Waals surface area contributed by atoms with E-state index in [9.17, 15) is 8.42 Å². The minimum absolute atomic E-state index is 0.399. The summed E-state index contributed by atoms with van der Waals surface area (Å²) in [5.41, 5.74) is 0. The minimum atomic E-state index is -2.88. The molecule has 0 heterocycles. The van der Waals surface area contributed by atoms with E-state index in [1.807, 2.05) is 0 Å². The van der Waals surface area contributed by atoms with E-state index in [1.165, 1.54) is 12.8 Å². The first-order valence-corrected chi connectivity index (χ1v) is 6.70. The molecule has 0 atom stereocenters. The summed E-state index contributed by atoms with van der Waals surface area (Å²) >= 11 is 0. The molecule has 2 nitrogen and oxygen atoms in total. The van der Waals surface area contributed by atoms with Crippen LogP contribution in [-0.2, 0) is 9.84 Å². The third-order valence-corrected chi connectivity index (χ3v) is 5.64. The van der Waals surface area contributed by atoms with Crippen LogP contribution in [0.25, 0.3) is 0 Å². The molecule has 1 fully saturated rings. The summed E-state index contributed by atoms with van der Waals surface area (Å²) in [6, 6.07) is 0. The molecule has 0 aromatic rings. The third-order valence-electron chi connectivity index (χ3n) is 2.86. The van der Waals surface area contributed by atoms with Crippen LogP contribution in [0.2, 0.25) is 0 Å². The fourth-order valence-electron chi connectivity index (χ4n) is 1.74. The van der Waals surface area contributed by atoms with Gasteiger partial charge in [-0.1, -0.05) is 12.8 Å². The molecule has 1 aliphatic carbocycles. The molecule has 13 heavy (non-hydrogen) atoms. The molecule has 0 spiro atoms. The first-order chi connectivity index (χ1) is 5.83. The van der Waals surface area contributed by atoms with Gasteiger partial charge in [-0.2, -0.15) is 0 Å². The zero-order valence-corrected chi connectivity index (χ0v) is 9.65. The Morgan fingerprint density at radius 2 is 1.62 bits per heavy atom. The monoisotopic (exact) mass is 204 g/mol. The lowest BCUT2D eigenvalue weighted by molar-refractivity contribution is 0.531. The Morgan fingerprint density at radius 3 is 2.00 bits per heavy atom. The second-order valence-corrected chi connectivity index (χ2v) is 7.83. The highest BCUT2D eigenvalue weighted by Crippen LogP contribution is 2.29. The summed E-state index contributed by atoms with van der Waals surface area (Å²) < 4.78 is 23.0. The lowest BCUT2D eigenvalue weighted by Crippen LogP contribution is -2.32. The maximum atomic E-state index is 11.8. The number of rotatable bonds is 2. The Labute approximate surface area is 81.6 Å². The SMILES string of the molecule is CC(C)(C)S(=O)(=O)CC1CCCC1. The van der Waals surface area contributed by atoms with Gasteiger partial charge in [0.2, 0.25) is 0 Å². The van der Waals surface area contributed by atoms with E-state index < -0.39 is 14.6 Å². The van der Waals surface area contributed by atoms with E-state index in [0.29, 0.717) is 11.7 Å². The van der Waals surface area contributed by atoms with Crippen LogP contribution in [0, 0.1) is 5.92 Å².